The molecule has 0 aromatic heterocycles. The molecular formula is C19H27NaO7S. The first-order valence-corrected chi connectivity index (χ1v) is 10.6. The van der Waals surface area contributed by atoms with E-state index in [1.54, 1.807) is 12.1 Å². The third-order valence-corrected chi connectivity index (χ3v) is 5.16. The minimum absolute atomic E-state index is 0. The van der Waals surface area contributed by atoms with Crippen LogP contribution in [0.15, 0.2) is 24.3 Å². The van der Waals surface area contributed by atoms with Gasteiger partial charge in [0.05, 0.1) is 23.0 Å². The van der Waals surface area contributed by atoms with E-state index in [1.807, 2.05) is 0 Å². The standard InChI is InChI=1S/C19H28O7S.Na/c1-3-4-5-6-7-10-13-25-18(20)16-11-8-9-12-17(16)19(21)26-14-15(2)27(22,23)24;/h8-9,11-12,15H,3-7,10,13-14H2,1-2H3,(H,22,23,24);/q;+1/p-1. The number of rotatable bonds is 12. The molecule has 28 heavy (non-hydrogen) atoms. The number of carbonyl (C=O) groups excluding carboxylic acids is 2. The van der Waals surface area contributed by atoms with Gasteiger partial charge in [0.15, 0.2) is 0 Å². The molecule has 0 bridgehead atoms. The average Bonchev–Trinajstić information content (AvgIpc) is 2.64. The van der Waals surface area contributed by atoms with Crippen molar-refractivity contribution in [2.24, 2.45) is 0 Å². The molecule has 0 spiro atoms. The molecule has 0 heterocycles. The Bertz CT molecular complexity index is 719. The zero-order chi connectivity index (χ0) is 20.3. The SMILES string of the molecule is CCCCCCCCOC(=O)c1ccccc1C(=O)OCC(C)S(=O)(=O)[O-].[Na+]. The van der Waals surface area contributed by atoms with Crippen LogP contribution in [0.4, 0.5) is 0 Å². The maximum Gasteiger partial charge on any atom is 1.00 e. The molecule has 9 heteroatoms. The fourth-order valence-corrected chi connectivity index (χ4v) is 2.55. The molecule has 0 N–H and O–H groups in total. The van der Waals surface area contributed by atoms with E-state index in [-0.39, 0.29) is 47.3 Å². The summed E-state index contributed by atoms with van der Waals surface area (Å²) in [4.78, 5) is 24.4. The second kappa shape index (κ2) is 14.1. The van der Waals surface area contributed by atoms with Gasteiger partial charge in [-0.1, -0.05) is 51.2 Å². The summed E-state index contributed by atoms with van der Waals surface area (Å²) in [6.07, 6.45) is 6.34. The van der Waals surface area contributed by atoms with E-state index in [4.69, 9.17) is 9.47 Å². The van der Waals surface area contributed by atoms with Crippen LogP contribution in [0.5, 0.6) is 0 Å². The monoisotopic (exact) mass is 422 g/mol. The first kappa shape index (κ1) is 27.1. The zero-order valence-electron chi connectivity index (χ0n) is 16.8. The topological polar surface area (TPSA) is 110 Å². The van der Waals surface area contributed by atoms with Crippen LogP contribution in [-0.4, -0.2) is 43.4 Å². The van der Waals surface area contributed by atoms with Crippen molar-refractivity contribution >= 4 is 22.1 Å². The van der Waals surface area contributed by atoms with Crippen molar-refractivity contribution in [3.63, 3.8) is 0 Å². The van der Waals surface area contributed by atoms with Crippen LogP contribution in [0.25, 0.3) is 0 Å². The Balaban J connectivity index is 0.00000729. The Morgan fingerprint density at radius 1 is 0.964 bits per heavy atom. The second-order valence-electron chi connectivity index (χ2n) is 6.35. The van der Waals surface area contributed by atoms with E-state index in [1.165, 1.54) is 25.0 Å². The maximum absolute atomic E-state index is 12.2. The Hall–Kier alpha value is -0.930. The molecule has 1 aromatic carbocycles. The van der Waals surface area contributed by atoms with Crippen LogP contribution in [0, 0.1) is 0 Å². The Morgan fingerprint density at radius 3 is 2.00 bits per heavy atom. The fraction of sp³-hybridized carbons (Fsp3) is 0.579. The van der Waals surface area contributed by atoms with Crippen molar-refractivity contribution in [1.29, 1.82) is 0 Å². The third-order valence-electron chi connectivity index (χ3n) is 4.04. The first-order valence-electron chi connectivity index (χ1n) is 9.15. The van der Waals surface area contributed by atoms with E-state index in [0.29, 0.717) is 0 Å². The van der Waals surface area contributed by atoms with E-state index in [9.17, 15) is 22.6 Å². The Kier molecular flexibility index (Phi) is 13.6. The zero-order valence-corrected chi connectivity index (χ0v) is 19.6. The molecule has 0 aliphatic rings. The molecule has 0 saturated carbocycles. The molecule has 7 nitrogen and oxygen atoms in total. The number of hydrogen-bond acceptors (Lipinski definition) is 7. The van der Waals surface area contributed by atoms with Crippen molar-refractivity contribution in [2.45, 2.75) is 57.6 Å². The first-order chi connectivity index (χ1) is 12.8. The van der Waals surface area contributed by atoms with Gasteiger partial charge >= 0.3 is 41.5 Å². The summed E-state index contributed by atoms with van der Waals surface area (Å²) >= 11 is 0. The van der Waals surface area contributed by atoms with E-state index >= 15 is 0 Å². The molecule has 0 saturated heterocycles. The number of ether oxygens (including phenoxy) is 2. The number of carbonyl (C=O) groups is 2. The van der Waals surface area contributed by atoms with Gasteiger partial charge < -0.3 is 14.0 Å². The van der Waals surface area contributed by atoms with Crippen LogP contribution >= 0.6 is 0 Å². The maximum atomic E-state index is 12.2. The van der Waals surface area contributed by atoms with Crippen LogP contribution in [0.3, 0.4) is 0 Å². The van der Waals surface area contributed by atoms with Crippen LogP contribution in [0.1, 0.15) is 73.1 Å². The molecular weight excluding hydrogens is 395 g/mol. The van der Waals surface area contributed by atoms with E-state index in [2.05, 4.69) is 6.92 Å². The van der Waals surface area contributed by atoms with Crippen molar-refractivity contribution in [1.82, 2.24) is 0 Å². The Morgan fingerprint density at radius 2 is 1.46 bits per heavy atom. The van der Waals surface area contributed by atoms with Gasteiger partial charge in [-0.3, -0.25) is 0 Å². The smallest absolute Gasteiger partial charge is 0.748 e. The number of hydrogen-bond donors (Lipinski definition) is 0. The van der Waals surface area contributed by atoms with Crippen molar-refractivity contribution in [2.75, 3.05) is 13.2 Å². The van der Waals surface area contributed by atoms with Gasteiger partial charge in [-0.25, -0.2) is 18.0 Å². The summed E-state index contributed by atoms with van der Waals surface area (Å²) in [5.41, 5.74) is 0.0204. The van der Waals surface area contributed by atoms with Gasteiger partial charge in [0, 0.05) is 0 Å². The molecule has 1 rings (SSSR count). The molecule has 1 atom stereocenters. The van der Waals surface area contributed by atoms with Crippen LogP contribution in [0.2, 0.25) is 0 Å². The predicted octanol–water partition coefficient (Wildman–Crippen LogP) is 0.298. The number of unbranched alkanes of at least 4 members (excludes halogenated alkanes) is 5. The predicted molar refractivity (Wildman–Crippen MR) is 99.5 cm³/mol. The van der Waals surface area contributed by atoms with Crippen LogP contribution in [-0.2, 0) is 19.6 Å². The summed E-state index contributed by atoms with van der Waals surface area (Å²) < 4.78 is 42.7. The molecule has 0 aliphatic heterocycles. The van der Waals surface area contributed by atoms with Gasteiger partial charge in [-0.05, 0) is 25.5 Å². The Labute approximate surface area is 189 Å². The van der Waals surface area contributed by atoms with E-state index < -0.39 is 33.9 Å². The van der Waals surface area contributed by atoms with Crippen molar-refractivity contribution < 1.29 is 61.6 Å². The van der Waals surface area contributed by atoms with Gasteiger partial charge in [0.1, 0.15) is 16.7 Å². The molecule has 0 aliphatic carbocycles. The summed E-state index contributed by atoms with van der Waals surface area (Å²) in [7, 11) is -4.55. The minimum Gasteiger partial charge on any atom is -0.748 e. The van der Waals surface area contributed by atoms with Crippen LogP contribution < -0.4 is 29.6 Å². The van der Waals surface area contributed by atoms with E-state index in [0.717, 1.165) is 32.6 Å². The normalized spacial score (nSPS) is 12.0. The van der Waals surface area contributed by atoms with Gasteiger partial charge in [-0.2, -0.15) is 0 Å². The van der Waals surface area contributed by atoms with Crippen molar-refractivity contribution in [3.8, 4) is 0 Å². The molecule has 1 unspecified atom stereocenters. The summed E-state index contributed by atoms with van der Waals surface area (Å²) in [6.45, 7) is 2.98. The largest absolute Gasteiger partial charge is 1.00 e. The minimum atomic E-state index is -4.55. The quantitative estimate of drug-likeness (QED) is 0.206. The number of benzene rings is 1. The van der Waals surface area contributed by atoms with Gasteiger partial charge in [0.2, 0.25) is 0 Å². The van der Waals surface area contributed by atoms with Gasteiger partial charge in [-0.15, -0.1) is 0 Å². The second-order valence-corrected chi connectivity index (χ2v) is 8.14. The number of esters is 2. The molecule has 152 valence electrons. The molecule has 0 amide bonds. The molecule has 0 radical (unpaired) electrons. The summed E-state index contributed by atoms with van der Waals surface area (Å²) in [5, 5.41) is -1.37. The molecule has 0 fully saturated rings. The van der Waals surface area contributed by atoms with Gasteiger partial charge in [0.25, 0.3) is 0 Å². The third kappa shape index (κ3) is 10.0. The summed E-state index contributed by atoms with van der Waals surface area (Å²) in [5.74, 6) is -1.52. The molecule has 1 aromatic rings. The average molecular weight is 422 g/mol. The summed E-state index contributed by atoms with van der Waals surface area (Å²) in [6, 6.07) is 5.96. The van der Waals surface area contributed by atoms with Crippen molar-refractivity contribution in [3.05, 3.63) is 35.4 Å². The fourth-order valence-electron chi connectivity index (χ4n) is 2.32.